The highest BCUT2D eigenvalue weighted by atomic mass is 16.6. The second kappa shape index (κ2) is 4.59. The molecule has 0 radical (unpaired) electrons. The van der Waals surface area contributed by atoms with Crippen LogP contribution in [0.5, 0.6) is 0 Å². The molecule has 0 bridgehead atoms. The summed E-state index contributed by atoms with van der Waals surface area (Å²) in [5.41, 5.74) is 5.39. The number of aliphatic hydroxyl groups is 4. The zero-order valence-electron chi connectivity index (χ0n) is 8.92. The molecule has 1 fully saturated rings. The number of hydrogen-bond donors (Lipinski definition) is 5. The first-order valence-corrected chi connectivity index (χ1v) is 5.14. The first-order chi connectivity index (χ1) is 8.04. The monoisotopic (exact) mass is 245 g/mol. The van der Waals surface area contributed by atoms with Crippen LogP contribution in [0.3, 0.4) is 0 Å². The van der Waals surface area contributed by atoms with Gasteiger partial charge in [0.2, 0.25) is 6.35 Å². The summed E-state index contributed by atoms with van der Waals surface area (Å²) in [6.45, 7) is -0.423. The Hall–Kier alpha value is -1.19. The Kier molecular flexibility index (Phi) is 3.31. The van der Waals surface area contributed by atoms with Gasteiger partial charge in [-0.25, -0.2) is 4.99 Å². The van der Waals surface area contributed by atoms with Crippen molar-refractivity contribution >= 4 is 5.84 Å². The van der Waals surface area contributed by atoms with Crippen molar-refractivity contribution in [3.05, 3.63) is 12.3 Å². The lowest BCUT2D eigenvalue weighted by Crippen LogP contribution is -2.47. The third-order valence-corrected chi connectivity index (χ3v) is 2.76. The molecule has 0 saturated carbocycles. The number of rotatable bonds is 2. The summed E-state index contributed by atoms with van der Waals surface area (Å²) in [5.74, 6) is 0.153. The van der Waals surface area contributed by atoms with Crippen LogP contribution >= 0.6 is 0 Å². The normalized spacial score (nSPS) is 41.8. The average molecular weight is 245 g/mol. The Bertz CT molecular complexity index is 348. The van der Waals surface area contributed by atoms with Crippen LogP contribution in [-0.2, 0) is 4.74 Å². The molecule has 8 nitrogen and oxygen atoms in total. The molecular weight excluding hydrogens is 230 g/mol. The van der Waals surface area contributed by atoms with E-state index in [4.69, 9.17) is 15.6 Å². The van der Waals surface area contributed by atoms with Crippen molar-refractivity contribution in [3.8, 4) is 0 Å². The van der Waals surface area contributed by atoms with Crippen molar-refractivity contribution < 1.29 is 25.2 Å². The Balaban J connectivity index is 2.12. The Morgan fingerprint density at radius 3 is 2.59 bits per heavy atom. The van der Waals surface area contributed by atoms with Gasteiger partial charge in [-0.1, -0.05) is 0 Å². The van der Waals surface area contributed by atoms with Gasteiger partial charge >= 0.3 is 0 Å². The topological polar surface area (TPSA) is 132 Å². The summed E-state index contributed by atoms with van der Waals surface area (Å²) in [6, 6.07) is 0. The number of amidine groups is 1. The fraction of sp³-hybridized carbons (Fsp3) is 0.667. The highest BCUT2D eigenvalue weighted by molar-refractivity contribution is 5.91. The maximum atomic E-state index is 9.74. The molecule has 2 aliphatic heterocycles. The number of nitrogens with two attached hydrogens (primary N) is 1. The number of hydrogen-bond acceptors (Lipinski definition) is 8. The van der Waals surface area contributed by atoms with E-state index < -0.39 is 37.5 Å². The lowest BCUT2D eigenvalue weighted by molar-refractivity contribution is -0.129. The Morgan fingerprint density at radius 1 is 1.35 bits per heavy atom. The van der Waals surface area contributed by atoms with Gasteiger partial charge in [-0.3, -0.25) is 0 Å². The van der Waals surface area contributed by atoms with E-state index in [2.05, 4.69) is 4.99 Å². The molecule has 0 aromatic heterocycles. The number of aliphatic hydroxyl groups excluding tert-OH is 4. The van der Waals surface area contributed by atoms with Crippen LogP contribution in [0.4, 0.5) is 0 Å². The van der Waals surface area contributed by atoms with Gasteiger partial charge in [0.25, 0.3) is 0 Å². The zero-order chi connectivity index (χ0) is 12.6. The summed E-state index contributed by atoms with van der Waals surface area (Å²) >= 11 is 0. The number of ether oxygens (including phenoxy) is 1. The first kappa shape index (κ1) is 12.3. The van der Waals surface area contributed by atoms with E-state index in [1.807, 2.05) is 0 Å². The Labute approximate surface area is 97.2 Å². The van der Waals surface area contributed by atoms with Crippen molar-refractivity contribution in [2.75, 3.05) is 6.61 Å². The Morgan fingerprint density at radius 2 is 2.06 bits per heavy atom. The molecule has 0 aliphatic carbocycles. The van der Waals surface area contributed by atoms with Crippen LogP contribution in [0.15, 0.2) is 17.3 Å². The summed E-state index contributed by atoms with van der Waals surface area (Å²) in [6.07, 6.45) is -2.78. The summed E-state index contributed by atoms with van der Waals surface area (Å²) in [7, 11) is 0. The second-order valence-electron chi connectivity index (χ2n) is 3.89. The molecule has 0 spiro atoms. The molecule has 2 heterocycles. The lowest BCUT2D eigenvalue weighted by Gasteiger charge is -2.32. The molecule has 0 amide bonds. The smallest absolute Gasteiger partial charge is 0.229 e. The molecule has 0 aromatic rings. The van der Waals surface area contributed by atoms with Gasteiger partial charge in [0, 0.05) is 6.20 Å². The van der Waals surface area contributed by atoms with Gasteiger partial charge in [0.05, 0.1) is 6.61 Å². The van der Waals surface area contributed by atoms with E-state index in [0.29, 0.717) is 0 Å². The van der Waals surface area contributed by atoms with E-state index in [-0.39, 0.29) is 5.84 Å². The third-order valence-electron chi connectivity index (χ3n) is 2.76. The van der Waals surface area contributed by atoms with E-state index in [0.717, 1.165) is 0 Å². The maximum Gasteiger partial charge on any atom is 0.229 e. The number of aliphatic imine (C=N–C) groups is 1. The molecular formula is C9H15N3O5. The lowest BCUT2D eigenvalue weighted by atomic mass is 10.1. The van der Waals surface area contributed by atoms with Gasteiger partial charge in [-0.2, -0.15) is 0 Å². The van der Waals surface area contributed by atoms with Crippen LogP contribution in [0, 0.1) is 0 Å². The summed E-state index contributed by atoms with van der Waals surface area (Å²) in [4.78, 5) is 4.88. The van der Waals surface area contributed by atoms with Gasteiger partial charge in [0.1, 0.15) is 24.1 Å². The van der Waals surface area contributed by atoms with Crippen molar-refractivity contribution in [2.24, 2.45) is 10.7 Å². The highest BCUT2D eigenvalue weighted by Crippen LogP contribution is 2.26. The average Bonchev–Trinajstić information content (AvgIpc) is 2.57. The maximum absolute atomic E-state index is 9.74. The molecule has 2 aliphatic rings. The minimum absolute atomic E-state index is 0.153. The summed E-state index contributed by atoms with van der Waals surface area (Å²) < 4.78 is 5.23. The molecule has 0 aromatic carbocycles. The van der Waals surface area contributed by atoms with E-state index >= 15 is 0 Å². The zero-order valence-corrected chi connectivity index (χ0v) is 8.92. The molecule has 2 rings (SSSR count). The predicted octanol–water partition coefficient (Wildman–Crippen LogP) is -3.11. The van der Waals surface area contributed by atoms with Crippen molar-refractivity contribution in [2.45, 2.75) is 30.9 Å². The van der Waals surface area contributed by atoms with Crippen LogP contribution in [0.2, 0.25) is 0 Å². The molecule has 8 heteroatoms. The second-order valence-corrected chi connectivity index (χ2v) is 3.89. The molecule has 17 heavy (non-hydrogen) atoms. The van der Waals surface area contributed by atoms with Crippen LogP contribution < -0.4 is 5.73 Å². The minimum atomic E-state index is -1.29. The van der Waals surface area contributed by atoms with Crippen molar-refractivity contribution in [1.29, 1.82) is 0 Å². The fourth-order valence-corrected chi connectivity index (χ4v) is 1.83. The van der Waals surface area contributed by atoms with Gasteiger partial charge in [-0.05, 0) is 6.08 Å². The van der Waals surface area contributed by atoms with Crippen LogP contribution in [0.25, 0.3) is 0 Å². The van der Waals surface area contributed by atoms with E-state index in [1.165, 1.54) is 17.2 Å². The third kappa shape index (κ3) is 2.13. The van der Waals surface area contributed by atoms with Crippen LogP contribution in [-0.4, -0.2) is 68.7 Å². The highest BCUT2D eigenvalue weighted by Gasteiger charge is 2.46. The molecule has 2 unspecified atom stereocenters. The summed E-state index contributed by atoms with van der Waals surface area (Å²) in [5, 5.41) is 37.9. The predicted molar refractivity (Wildman–Crippen MR) is 56.4 cm³/mol. The first-order valence-electron chi connectivity index (χ1n) is 5.14. The largest absolute Gasteiger partial charge is 0.394 e. The van der Waals surface area contributed by atoms with Gasteiger partial charge in [-0.15, -0.1) is 0 Å². The molecule has 1 saturated heterocycles. The molecule has 96 valence electrons. The quantitative estimate of drug-likeness (QED) is 0.348. The van der Waals surface area contributed by atoms with E-state index in [9.17, 15) is 15.3 Å². The molecule has 6 N–H and O–H groups in total. The SMILES string of the molecule is NC1=NC(O)N(C2O[C@H](CO)[C@@H](O)[C@H]2O)C=C1. The van der Waals surface area contributed by atoms with Crippen molar-refractivity contribution in [3.63, 3.8) is 0 Å². The van der Waals surface area contributed by atoms with E-state index in [1.54, 1.807) is 0 Å². The standard InChI is InChI=1S/C9H15N3O5/c10-5-1-2-12(9(16)11-5)8-7(15)6(14)4(3-13)17-8/h1-2,4,6-9,13-16H,3H2,(H2,10,11)/t4-,6-,7-,8?,9?/m1/s1. The van der Waals surface area contributed by atoms with Gasteiger partial charge < -0.3 is 35.8 Å². The van der Waals surface area contributed by atoms with Crippen molar-refractivity contribution in [1.82, 2.24) is 4.90 Å². The van der Waals surface area contributed by atoms with Gasteiger partial charge in [0.15, 0.2) is 6.23 Å². The fourth-order valence-electron chi connectivity index (χ4n) is 1.83. The molecule has 5 atom stereocenters. The van der Waals surface area contributed by atoms with Crippen LogP contribution in [0.1, 0.15) is 0 Å². The number of nitrogens with zero attached hydrogens (tertiary/aromatic N) is 2. The minimum Gasteiger partial charge on any atom is -0.394 e.